The van der Waals surface area contributed by atoms with Crippen LogP contribution in [-0.4, -0.2) is 35.1 Å². The van der Waals surface area contributed by atoms with Gasteiger partial charge in [0.1, 0.15) is 11.6 Å². The molecule has 7 heteroatoms. The van der Waals surface area contributed by atoms with Gasteiger partial charge in [0.15, 0.2) is 0 Å². The second kappa shape index (κ2) is 5.85. The van der Waals surface area contributed by atoms with E-state index in [1.807, 2.05) is 0 Å². The molecule has 0 aliphatic heterocycles. The van der Waals surface area contributed by atoms with Crippen molar-refractivity contribution in [2.45, 2.75) is 12.5 Å². The van der Waals surface area contributed by atoms with Gasteiger partial charge < -0.3 is 14.4 Å². The first-order chi connectivity index (χ1) is 9.08. The van der Waals surface area contributed by atoms with Crippen molar-refractivity contribution in [1.29, 1.82) is 0 Å². The molecular formula is C12H12F2N2O3. The Labute approximate surface area is 107 Å². The van der Waals surface area contributed by atoms with Crippen LogP contribution in [0, 0.1) is 11.6 Å². The van der Waals surface area contributed by atoms with Crippen LogP contribution in [0.15, 0.2) is 22.7 Å². The summed E-state index contributed by atoms with van der Waals surface area (Å²) in [6, 6.07) is 2.96. The molecule has 0 saturated carbocycles. The molecule has 0 saturated heterocycles. The molecule has 1 heterocycles. The lowest BCUT2D eigenvalue weighted by atomic mass is 10.2. The van der Waals surface area contributed by atoms with Gasteiger partial charge in [-0.25, -0.2) is 8.78 Å². The number of nitrogens with zero attached hydrogens (tertiary/aromatic N) is 2. The molecule has 0 radical (unpaired) electrons. The van der Waals surface area contributed by atoms with Gasteiger partial charge >= 0.3 is 0 Å². The molecule has 2 rings (SSSR count). The molecule has 1 aromatic heterocycles. The van der Waals surface area contributed by atoms with Gasteiger partial charge in [0.25, 0.3) is 0 Å². The molecule has 1 aromatic carbocycles. The van der Waals surface area contributed by atoms with Crippen LogP contribution in [0.3, 0.4) is 0 Å². The molecule has 0 amide bonds. The highest BCUT2D eigenvalue weighted by atomic mass is 19.1. The maximum atomic E-state index is 13.0. The van der Waals surface area contributed by atoms with Gasteiger partial charge in [-0.3, -0.25) is 0 Å². The third-order valence-electron chi connectivity index (χ3n) is 2.36. The topological polar surface area (TPSA) is 68.4 Å². The molecule has 0 aliphatic carbocycles. The molecule has 1 unspecified atom stereocenters. The monoisotopic (exact) mass is 270 g/mol. The zero-order valence-electron chi connectivity index (χ0n) is 10.1. The summed E-state index contributed by atoms with van der Waals surface area (Å²) in [7, 11) is 1.46. The van der Waals surface area contributed by atoms with E-state index in [1.54, 1.807) is 0 Å². The number of benzene rings is 1. The van der Waals surface area contributed by atoms with E-state index in [0.29, 0.717) is 0 Å². The minimum Gasteiger partial charge on any atom is -0.390 e. The Morgan fingerprint density at radius 2 is 2.00 bits per heavy atom. The Bertz CT molecular complexity index is 539. The second-order valence-corrected chi connectivity index (χ2v) is 3.98. The average molecular weight is 270 g/mol. The van der Waals surface area contributed by atoms with E-state index >= 15 is 0 Å². The third kappa shape index (κ3) is 3.55. The molecule has 2 aromatic rings. The number of halogens is 2. The molecule has 19 heavy (non-hydrogen) atoms. The highest BCUT2D eigenvalue weighted by molar-refractivity contribution is 5.54. The maximum Gasteiger partial charge on any atom is 0.229 e. The van der Waals surface area contributed by atoms with Gasteiger partial charge in [0.2, 0.25) is 11.7 Å². The molecule has 102 valence electrons. The second-order valence-electron chi connectivity index (χ2n) is 3.98. The largest absolute Gasteiger partial charge is 0.390 e. The normalized spacial score (nSPS) is 12.6. The number of aliphatic hydroxyl groups is 1. The Morgan fingerprint density at radius 1 is 1.32 bits per heavy atom. The molecule has 0 bridgehead atoms. The van der Waals surface area contributed by atoms with Crippen LogP contribution in [-0.2, 0) is 11.2 Å². The lowest BCUT2D eigenvalue weighted by molar-refractivity contribution is 0.0599. The van der Waals surface area contributed by atoms with Gasteiger partial charge in [0, 0.05) is 18.7 Å². The first-order valence-corrected chi connectivity index (χ1v) is 5.54. The van der Waals surface area contributed by atoms with Crippen molar-refractivity contribution in [3.05, 3.63) is 35.7 Å². The predicted octanol–water partition coefficient (Wildman–Crippen LogP) is 1.56. The molecule has 0 fully saturated rings. The fourth-order valence-electron chi connectivity index (χ4n) is 1.59. The summed E-state index contributed by atoms with van der Waals surface area (Å²) in [5, 5.41) is 13.1. The van der Waals surface area contributed by atoms with Gasteiger partial charge in [0.05, 0.1) is 19.1 Å². The molecular weight excluding hydrogens is 258 g/mol. The summed E-state index contributed by atoms with van der Waals surface area (Å²) in [6.07, 6.45) is -0.666. The fourth-order valence-corrected chi connectivity index (χ4v) is 1.59. The zero-order chi connectivity index (χ0) is 13.8. The number of aliphatic hydroxyl groups excluding tert-OH is 1. The van der Waals surface area contributed by atoms with E-state index in [4.69, 9.17) is 9.26 Å². The summed E-state index contributed by atoms with van der Waals surface area (Å²) in [5.74, 6) is -1.20. The highest BCUT2D eigenvalue weighted by Crippen LogP contribution is 2.19. The molecule has 0 spiro atoms. The summed E-state index contributed by atoms with van der Waals surface area (Å²) < 4.78 is 35.8. The average Bonchev–Trinajstić information content (AvgIpc) is 2.76. The molecule has 5 nitrogen and oxygen atoms in total. The van der Waals surface area contributed by atoms with E-state index in [1.165, 1.54) is 7.11 Å². The highest BCUT2D eigenvalue weighted by Gasteiger charge is 2.14. The van der Waals surface area contributed by atoms with Crippen LogP contribution in [0.2, 0.25) is 0 Å². The van der Waals surface area contributed by atoms with E-state index in [0.717, 1.165) is 18.2 Å². The van der Waals surface area contributed by atoms with Crippen molar-refractivity contribution < 1.29 is 23.1 Å². The quantitative estimate of drug-likeness (QED) is 0.893. The number of aromatic nitrogens is 2. The van der Waals surface area contributed by atoms with Crippen molar-refractivity contribution in [3.8, 4) is 11.4 Å². The summed E-state index contributed by atoms with van der Waals surface area (Å²) >= 11 is 0. The lowest BCUT2D eigenvalue weighted by Crippen LogP contribution is -2.17. The molecule has 1 atom stereocenters. The zero-order valence-corrected chi connectivity index (χ0v) is 10.1. The van der Waals surface area contributed by atoms with Crippen molar-refractivity contribution >= 4 is 0 Å². The number of hydrogen-bond donors (Lipinski definition) is 1. The SMILES string of the molecule is COCC(O)Cc1nc(-c2cc(F)cc(F)c2)no1. The summed E-state index contributed by atoms with van der Waals surface area (Å²) in [5.41, 5.74) is 0.175. The Balaban J connectivity index is 2.16. The molecule has 1 N–H and O–H groups in total. The minimum absolute atomic E-state index is 0.0676. The van der Waals surface area contributed by atoms with Crippen LogP contribution in [0.5, 0.6) is 0 Å². The van der Waals surface area contributed by atoms with E-state index < -0.39 is 17.7 Å². The first-order valence-electron chi connectivity index (χ1n) is 5.54. The van der Waals surface area contributed by atoms with Gasteiger partial charge in [-0.05, 0) is 12.1 Å². The lowest BCUT2D eigenvalue weighted by Gasteiger charge is -2.04. The number of methoxy groups -OCH3 is 1. The van der Waals surface area contributed by atoms with E-state index in [-0.39, 0.29) is 30.3 Å². The first kappa shape index (κ1) is 13.6. The third-order valence-corrected chi connectivity index (χ3v) is 2.36. The van der Waals surface area contributed by atoms with Crippen LogP contribution in [0.4, 0.5) is 8.78 Å². The van der Waals surface area contributed by atoms with Crippen molar-refractivity contribution in [3.63, 3.8) is 0 Å². The number of hydrogen-bond acceptors (Lipinski definition) is 5. The fraction of sp³-hybridized carbons (Fsp3) is 0.333. The maximum absolute atomic E-state index is 13.0. The standard InChI is InChI=1S/C12H12F2N2O3/c1-18-6-10(17)5-11-15-12(16-19-11)7-2-8(13)4-9(14)3-7/h2-4,10,17H,5-6H2,1H3. The van der Waals surface area contributed by atoms with Gasteiger partial charge in [-0.1, -0.05) is 5.16 Å². The van der Waals surface area contributed by atoms with Crippen LogP contribution in [0.1, 0.15) is 5.89 Å². The smallest absolute Gasteiger partial charge is 0.229 e. The number of rotatable bonds is 5. The van der Waals surface area contributed by atoms with Crippen molar-refractivity contribution in [1.82, 2.24) is 10.1 Å². The van der Waals surface area contributed by atoms with Crippen molar-refractivity contribution in [2.24, 2.45) is 0 Å². The number of ether oxygens (including phenoxy) is 1. The van der Waals surface area contributed by atoms with Crippen LogP contribution >= 0.6 is 0 Å². The van der Waals surface area contributed by atoms with Crippen LogP contribution < -0.4 is 0 Å². The summed E-state index contributed by atoms with van der Waals surface area (Å²) in [6.45, 7) is 0.131. The Morgan fingerprint density at radius 3 is 2.63 bits per heavy atom. The molecule has 0 aliphatic rings. The van der Waals surface area contributed by atoms with Crippen LogP contribution in [0.25, 0.3) is 11.4 Å². The summed E-state index contributed by atoms with van der Waals surface area (Å²) in [4.78, 5) is 3.96. The van der Waals surface area contributed by atoms with Gasteiger partial charge in [-0.2, -0.15) is 4.98 Å². The predicted molar refractivity (Wildman–Crippen MR) is 61.2 cm³/mol. The van der Waals surface area contributed by atoms with Gasteiger partial charge in [-0.15, -0.1) is 0 Å². The Kier molecular flexibility index (Phi) is 4.18. The van der Waals surface area contributed by atoms with E-state index in [9.17, 15) is 13.9 Å². The van der Waals surface area contributed by atoms with E-state index in [2.05, 4.69) is 10.1 Å². The Hall–Kier alpha value is -1.86. The van der Waals surface area contributed by atoms with Crippen molar-refractivity contribution in [2.75, 3.05) is 13.7 Å². The minimum atomic E-state index is -0.775.